The zero-order valence-corrected chi connectivity index (χ0v) is 12.8. The minimum absolute atomic E-state index is 0.0662. The Morgan fingerprint density at radius 3 is 2.58 bits per heavy atom. The first-order chi connectivity index (χ1) is 8.91. The number of aliphatic imine (C=N–C) groups is 1. The summed E-state index contributed by atoms with van der Waals surface area (Å²) in [7, 11) is 0. The summed E-state index contributed by atoms with van der Waals surface area (Å²) in [5, 5.41) is 0. The number of ether oxygens (including phenoxy) is 1. The Labute approximate surface area is 121 Å². The van der Waals surface area contributed by atoms with Gasteiger partial charge < -0.3 is 4.74 Å². The molecule has 4 heteroatoms. The number of benzene rings is 1. The predicted octanol–water partition coefficient (Wildman–Crippen LogP) is 3.63. The molecule has 0 amide bonds. The molecule has 0 N–H and O–H groups in total. The number of hydrogen-bond acceptors (Lipinski definition) is 3. The molecule has 0 fully saturated rings. The van der Waals surface area contributed by atoms with E-state index >= 15 is 0 Å². The first kappa shape index (κ1) is 14.0. The lowest BCUT2D eigenvalue weighted by Gasteiger charge is -2.24. The van der Waals surface area contributed by atoms with E-state index in [1.54, 1.807) is 26.0 Å². The van der Waals surface area contributed by atoms with E-state index in [1.807, 2.05) is 31.2 Å². The lowest BCUT2D eigenvalue weighted by atomic mass is 9.93. The van der Waals surface area contributed by atoms with E-state index in [-0.39, 0.29) is 11.8 Å². The largest absolute Gasteiger partial charge is 0.465 e. The summed E-state index contributed by atoms with van der Waals surface area (Å²) in [5.41, 5.74) is 0.0964. The molecule has 2 rings (SSSR count). The highest BCUT2D eigenvalue weighted by Crippen LogP contribution is 2.27. The molecule has 1 aliphatic heterocycles. The van der Waals surface area contributed by atoms with E-state index in [4.69, 9.17) is 4.74 Å². The average Bonchev–Trinajstić information content (AvgIpc) is 2.63. The van der Waals surface area contributed by atoms with Crippen molar-refractivity contribution in [3.63, 3.8) is 0 Å². The Bertz CT molecular complexity index is 548. The van der Waals surface area contributed by atoms with Gasteiger partial charge >= 0.3 is 0 Å². The van der Waals surface area contributed by atoms with Crippen LogP contribution in [-0.2, 0) is 9.53 Å². The molecule has 0 aromatic heterocycles. The number of ketones is 1. The Morgan fingerprint density at radius 2 is 2.05 bits per heavy atom. The molecule has 0 saturated heterocycles. The second-order valence-electron chi connectivity index (χ2n) is 4.78. The number of nitrogens with zero attached hydrogens (tertiary/aromatic N) is 1. The maximum Gasteiger partial charge on any atom is 0.201 e. The van der Waals surface area contributed by atoms with Crippen LogP contribution in [0.4, 0.5) is 0 Å². The number of carbonyl (C=O) groups excluding carboxylic acids is 1. The molecular weight excluding hydrogens is 306 g/mol. The maximum absolute atomic E-state index is 12.3. The van der Waals surface area contributed by atoms with E-state index < -0.39 is 5.60 Å². The Hall–Kier alpha value is -1.42. The van der Waals surface area contributed by atoms with Crippen molar-refractivity contribution in [2.24, 2.45) is 4.99 Å². The Morgan fingerprint density at radius 1 is 1.42 bits per heavy atom. The summed E-state index contributed by atoms with van der Waals surface area (Å²) in [6, 6.07) is 7.60. The van der Waals surface area contributed by atoms with Crippen molar-refractivity contribution < 1.29 is 9.53 Å². The standard InChI is InChI=1S/C15H16BrNO2/c1-10-15(3,19-11(2)17-10)14(18)9-6-12-4-7-13(16)8-5-12/h4-10H,1-3H3/b9-6+. The summed E-state index contributed by atoms with van der Waals surface area (Å²) in [4.78, 5) is 16.5. The van der Waals surface area contributed by atoms with E-state index in [2.05, 4.69) is 20.9 Å². The van der Waals surface area contributed by atoms with Crippen LogP contribution in [0.15, 0.2) is 39.8 Å². The zero-order valence-electron chi connectivity index (χ0n) is 11.2. The first-order valence-corrected chi connectivity index (χ1v) is 6.92. The average molecular weight is 322 g/mol. The third-order valence-corrected chi connectivity index (χ3v) is 3.85. The fourth-order valence-electron chi connectivity index (χ4n) is 1.98. The molecule has 2 atom stereocenters. The first-order valence-electron chi connectivity index (χ1n) is 6.13. The molecule has 0 bridgehead atoms. The molecule has 100 valence electrons. The van der Waals surface area contributed by atoms with Crippen LogP contribution in [0.5, 0.6) is 0 Å². The molecule has 1 heterocycles. The Kier molecular flexibility index (Phi) is 3.90. The van der Waals surface area contributed by atoms with Gasteiger partial charge in [0.05, 0.1) is 6.04 Å². The molecule has 0 radical (unpaired) electrons. The van der Waals surface area contributed by atoms with Gasteiger partial charge in [0.25, 0.3) is 0 Å². The van der Waals surface area contributed by atoms with Crippen molar-refractivity contribution >= 4 is 33.7 Å². The minimum atomic E-state index is -0.879. The SMILES string of the molecule is CC1=NC(C)C(C)(C(=O)/C=C/c2ccc(Br)cc2)O1. The highest BCUT2D eigenvalue weighted by Gasteiger charge is 2.44. The number of halogens is 1. The van der Waals surface area contributed by atoms with Crippen LogP contribution in [-0.4, -0.2) is 23.3 Å². The second kappa shape index (κ2) is 5.29. The van der Waals surface area contributed by atoms with E-state index in [0.29, 0.717) is 5.90 Å². The predicted molar refractivity (Wildman–Crippen MR) is 80.2 cm³/mol. The lowest BCUT2D eigenvalue weighted by molar-refractivity contribution is -0.128. The van der Waals surface area contributed by atoms with Crippen molar-refractivity contribution in [3.8, 4) is 0 Å². The van der Waals surface area contributed by atoms with Gasteiger partial charge in [-0.15, -0.1) is 0 Å². The molecule has 0 aliphatic carbocycles. The zero-order chi connectivity index (χ0) is 14.0. The van der Waals surface area contributed by atoms with Gasteiger partial charge in [-0.3, -0.25) is 4.79 Å². The minimum Gasteiger partial charge on any atom is -0.465 e. The molecule has 19 heavy (non-hydrogen) atoms. The van der Waals surface area contributed by atoms with E-state index in [1.165, 1.54) is 0 Å². The summed E-state index contributed by atoms with van der Waals surface area (Å²) in [5.74, 6) is 0.504. The highest BCUT2D eigenvalue weighted by molar-refractivity contribution is 9.10. The van der Waals surface area contributed by atoms with E-state index in [9.17, 15) is 4.79 Å². The van der Waals surface area contributed by atoms with Crippen molar-refractivity contribution in [2.75, 3.05) is 0 Å². The van der Waals surface area contributed by atoms with Crippen molar-refractivity contribution in [3.05, 3.63) is 40.4 Å². The van der Waals surface area contributed by atoms with Crippen LogP contribution in [0.1, 0.15) is 26.3 Å². The summed E-state index contributed by atoms with van der Waals surface area (Å²) >= 11 is 3.38. The van der Waals surface area contributed by atoms with Crippen molar-refractivity contribution in [1.29, 1.82) is 0 Å². The van der Waals surface area contributed by atoms with Crippen LogP contribution >= 0.6 is 15.9 Å². The fraction of sp³-hybridized carbons (Fsp3) is 0.333. The third kappa shape index (κ3) is 2.95. The normalized spacial score (nSPS) is 26.3. The molecule has 2 unspecified atom stereocenters. The van der Waals surface area contributed by atoms with Crippen LogP contribution in [0, 0.1) is 0 Å². The third-order valence-electron chi connectivity index (χ3n) is 3.32. The van der Waals surface area contributed by atoms with Gasteiger partial charge in [-0.1, -0.05) is 34.1 Å². The van der Waals surface area contributed by atoms with Crippen molar-refractivity contribution in [2.45, 2.75) is 32.4 Å². The molecule has 3 nitrogen and oxygen atoms in total. The van der Waals surface area contributed by atoms with Gasteiger partial charge in [-0.05, 0) is 37.6 Å². The molecule has 1 aliphatic rings. The molecule has 0 spiro atoms. The summed E-state index contributed by atoms with van der Waals surface area (Å²) in [6.45, 7) is 5.45. The van der Waals surface area contributed by atoms with Crippen LogP contribution in [0.25, 0.3) is 6.08 Å². The lowest BCUT2D eigenvalue weighted by Crippen LogP contribution is -2.42. The Balaban J connectivity index is 2.11. The van der Waals surface area contributed by atoms with Crippen LogP contribution in [0.2, 0.25) is 0 Å². The quantitative estimate of drug-likeness (QED) is 0.797. The van der Waals surface area contributed by atoms with Crippen LogP contribution < -0.4 is 0 Å². The fourth-order valence-corrected chi connectivity index (χ4v) is 2.25. The summed E-state index contributed by atoms with van der Waals surface area (Å²) in [6.07, 6.45) is 3.36. The molecule has 1 aromatic carbocycles. The van der Waals surface area contributed by atoms with Gasteiger partial charge in [-0.25, -0.2) is 4.99 Å². The number of hydrogen-bond donors (Lipinski definition) is 0. The topological polar surface area (TPSA) is 38.7 Å². The maximum atomic E-state index is 12.3. The van der Waals surface area contributed by atoms with Gasteiger partial charge in [0, 0.05) is 11.4 Å². The highest BCUT2D eigenvalue weighted by atomic mass is 79.9. The van der Waals surface area contributed by atoms with Crippen LogP contribution in [0.3, 0.4) is 0 Å². The molecular formula is C15H16BrNO2. The van der Waals surface area contributed by atoms with Crippen molar-refractivity contribution in [1.82, 2.24) is 0 Å². The summed E-state index contributed by atoms with van der Waals surface area (Å²) < 4.78 is 6.59. The van der Waals surface area contributed by atoms with Gasteiger partial charge in [0.1, 0.15) is 0 Å². The molecule has 0 saturated carbocycles. The number of rotatable bonds is 3. The monoisotopic (exact) mass is 321 g/mol. The van der Waals surface area contributed by atoms with Gasteiger partial charge in [-0.2, -0.15) is 0 Å². The van der Waals surface area contributed by atoms with Gasteiger partial charge in [0.15, 0.2) is 11.5 Å². The smallest absolute Gasteiger partial charge is 0.201 e. The second-order valence-corrected chi connectivity index (χ2v) is 5.70. The van der Waals surface area contributed by atoms with E-state index in [0.717, 1.165) is 10.0 Å². The molecule has 1 aromatic rings. The number of carbonyl (C=O) groups is 1. The van der Waals surface area contributed by atoms with Gasteiger partial charge in [0.2, 0.25) is 5.78 Å².